The number of nitrogens with zero attached hydrogens (tertiary/aromatic N) is 1. The highest BCUT2D eigenvalue weighted by Crippen LogP contribution is 2.01. The maximum atomic E-state index is 11.7. The second-order valence-corrected chi connectivity index (χ2v) is 3.85. The quantitative estimate of drug-likeness (QED) is 0.765. The molecule has 0 fully saturated rings. The third-order valence-electron chi connectivity index (χ3n) is 2.70. The predicted octanol–water partition coefficient (Wildman–Crippen LogP) is 1.39. The summed E-state index contributed by atoms with van der Waals surface area (Å²) < 4.78 is 0. The smallest absolute Gasteiger partial charge is 0.252 e. The van der Waals surface area contributed by atoms with Crippen LogP contribution >= 0.6 is 0 Å². The molecule has 0 saturated carbocycles. The Morgan fingerprint density at radius 3 is 2.62 bits per heavy atom. The summed E-state index contributed by atoms with van der Waals surface area (Å²) in [5.41, 5.74) is 1.71. The van der Waals surface area contributed by atoms with Crippen molar-refractivity contribution in [3.8, 4) is 0 Å². The molecule has 1 aromatic rings. The molecular formula is C12H21N3O. The molecule has 4 heteroatoms. The van der Waals surface area contributed by atoms with E-state index in [1.807, 2.05) is 13.0 Å². The Morgan fingerprint density at radius 1 is 1.44 bits per heavy atom. The lowest BCUT2D eigenvalue weighted by Crippen LogP contribution is -2.34. The highest BCUT2D eigenvalue weighted by atomic mass is 16.1. The van der Waals surface area contributed by atoms with Crippen molar-refractivity contribution in [3.05, 3.63) is 23.5 Å². The average molecular weight is 223 g/mol. The van der Waals surface area contributed by atoms with E-state index in [1.165, 1.54) is 0 Å². The maximum absolute atomic E-state index is 11.7. The number of H-pyrrole nitrogens is 1. The number of hydrogen-bond donors (Lipinski definition) is 2. The van der Waals surface area contributed by atoms with Gasteiger partial charge in [0.05, 0.1) is 5.56 Å². The topological polar surface area (TPSA) is 48.1 Å². The third kappa shape index (κ3) is 3.70. The first-order valence-electron chi connectivity index (χ1n) is 5.83. The lowest BCUT2D eigenvalue weighted by Gasteiger charge is -2.17. The molecule has 16 heavy (non-hydrogen) atoms. The second-order valence-electron chi connectivity index (χ2n) is 3.85. The number of rotatable bonds is 6. The van der Waals surface area contributed by atoms with Crippen LogP contribution in [0.25, 0.3) is 0 Å². The summed E-state index contributed by atoms with van der Waals surface area (Å²) in [7, 11) is 0. The Bertz CT molecular complexity index is 329. The van der Waals surface area contributed by atoms with E-state index in [4.69, 9.17) is 0 Å². The molecule has 1 heterocycles. The van der Waals surface area contributed by atoms with Crippen molar-refractivity contribution in [2.75, 3.05) is 26.2 Å². The van der Waals surface area contributed by atoms with Crippen molar-refractivity contribution in [1.29, 1.82) is 0 Å². The van der Waals surface area contributed by atoms with Crippen molar-refractivity contribution >= 4 is 5.91 Å². The molecule has 0 saturated heterocycles. The Balaban J connectivity index is 2.30. The van der Waals surface area contributed by atoms with Gasteiger partial charge in [-0.05, 0) is 26.1 Å². The number of aromatic amines is 1. The van der Waals surface area contributed by atoms with Gasteiger partial charge in [-0.1, -0.05) is 13.8 Å². The summed E-state index contributed by atoms with van der Waals surface area (Å²) in [5, 5.41) is 2.91. The summed E-state index contributed by atoms with van der Waals surface area (Å²) in [6, 6.07) is 1.85. The number of carbonyl (C=O) groups is 1. The van der Waals surface area contributed by atoms with Crippen LogP contribution in [0.15, 0.2) is 12.3 Å². The van der Waals surface area contributed by atoms with Crippen molar-refractivity contribution in [1.82, 2.24) is 15.2 Å². The van der Waals surface area contributed by atoms with Crippen LogP contribution in [0.2, 0.25) is 0 Å². The van der Waals surface area contributed by atoms with E-state index in [9.17, 15) is 4.79 Å². The number of amides is 1. The Morgan fingerprint density at radius 2 is 2.12 bits per heavy atom. The van der Waals surface area contributed by atoms with Gasteiger partial charge in [-0.3, -0.25) is 4.79 Å². The lowest BCUT2D eigenvalue weighted by molar-refractivity contribution is 0.0949. The Kier molecular flexibility index (Phi) is 5.05. The number of aromatic nitrogens is 1. The van der Waals surface area contributed by atoms with Crippen LogP contribution in [0.5, 0.6) is 0 Å². The molecule has 0 bridgehead atoms. The monoisotopic (exact) mass is 223 g/mol. The molecule has 0 spiro atoms. The average Bonchev–Trinajstić information content (AvgIpc) is 2.71. The predicted molar refractivity (Wildman–Crippen MR) is 65.7 cm³/mol. The summed E-state index contributed by atoms with van der Waals surface area (Å²) in [6.45, 7) is 9.84. The van der Waals surface area contributed by atoms with E-state index in [-0.39, 0.29) is 5.91 Å². The molecule has 0 radical (unpaired) electrons. The second kappa shape index (κ2) is 6.33. The van der Waals surface area contributed by atoms with E-state index < -0.39 is 0 Å². The van der Waals surface area contributed by atoms with Crippen LogP contribution in [0, 0.1) is 6.92 Å². The van der Waals surface area contributed by atoms with Crippen LogP contribution < -0.4 is 5.32 Å². The van der Waals surface area contributed by atoms with E-state index in [1.54, 1.807) is 6.20 Å². The minimum absolute atomic E-state index is 0.00324. The zero-order valence-electron chi connectivity index (χ0n) is 10.3. The van der Waals surface area contributed by atoms with E-state index >= 15 is 0 Å². The molecule has 90 valence electrons. The molecular weight excluding hydrogens is 202 g/mol. The fourth-order valence-corrected chi connectivity index (χ4v) is 1.61. The summed E-state index contributed by atoms with van der Waals surface area (Å²) >= 11 is 0. The number of hydrogen-bond acceptors (Lipinski definition) is 2. The number of carbonyl (C=O) groups excluding carboxylic acids is 1. The minimum atomic E-state index is -0.00324. The summed E-state index contributed by atoms with van der Waals surface area (Å²) in [4.78, 5) is 16.9. The number of likely N-dealkylation sites (N-methyl/N-ethyl adjacent to an activating group) is 1. The largest absolute Gasteiger partial charge is 0.364 e. The number of nitrogens with one attached hydrogen (secondary N) is 2. The SMILES string of the molecule is CCN(CC)CCNC(=O)c1c[nH]c(C)c1. The van der Waals surface area contributed by atoms with Gasteiger partial charge in [0, 0.05) is 25.0 Å². The van der Waals surface area contributed by atoms with Gasteiger partial charge in [-0.2, -0.15) is 0 Å². The molecule has 2 N–H and O–H groups in total. The molecule has 0 atom stereocenters. The van der Waals surface area contributed by atoms with Crippen LogP contribution in [0.4, 0.5) is 0 Å². The molecule has 1 rings (SSSR count). The van der Waals surface area contributed by atoms with E-state index in [0.717, 1.165) is 25.3 Å². The van der Waals surface area contributed by atoms with Crippen LogP contribution in [0.3, 0.4) is 0 Å². The molecule has 0 aliphatic heterocycles. The van der Waals surface area contributed by atoms with Crippen LogP contribution in [0.1, 0.15) is 29.9 Å². The standard InChI is InChI=1S/C12H21N3O/c1-4-15(5-2)7-6-13-12(16)11-8-10(3)14-9-11/h8-9,14H,4-7H2,1-3H3,(H,13,16). The maximum Gasteiger partial charge on any atom is 0.252 e. The van der Waals surface area contributed by atoms with Gasteiger partial charge in [0.2, 0.25) is 0 Å². The Labute approximate surface area is 97.0 Å². The van der Waals surface area contributed by atoms with Crippen molar-refractivity contribution in [2.24, 2.45) is 0 Å². The van der Waals surface area contributed by atoms with Gasteiger partial charge in [0.15, 0.2) is 0 Å². The first-order valence-corrected chi connectivity index (χ1v) is 5.83. The van der Waals surface area contributed by atoms with Crippen molar-refractivity contribution in [2.45, 2.75) is 20.8 Å². The van der Waals surface area contributed by atoms with E-state index in [0.29, 0.717) is 12.1 Å². The van der Waals surface area contributed by atoms with Crippen molar-refractivity contribution in [3.63, 3.8) is 0 Å². The van der Waals surface area contributed by atoms with Gasteiger partial charge in [0.25, 0.3) is 5.91 Å². The summed E-state index contributed by atoms with van der Waals surface area (Å²) in [6.07, 6.45) is 1.74. The third-order valence-corrected chi connectivity index (χ3v) is 2.70. The molecule has 0 aromatic carbocycles. The normalized spacial score (nSPS) is 10.8. The molecule has 1 aromatic heterocycles. The highest BCUT2D eigenvalue weighted by Gasteiger charge is 2.06. The Hall–Kier alpha value is -1.29. The fourth-order valence-electron chi connectivity index (χ4n) is 1.61. The van der Waals surface area contributed by atoms with Crippen LogP contribution in [-0.2, 0) is 0 Å². The van der Waals surface area contributed by atoms with Gasteiger partial charge in [0.1, 0.15) is 0 Å². The first-order chi connectivity index (χ1) is 7.67. The van der Waals surface area contributed by atoms with Gasteiger partial charge in [-0.25, -0.2) is 0 Å². The van der Waals surface area contributed by atoms with Gasteiger partial charge < -0.3 is 15.2 Å². The van der Waals surface area contributed by atoms with Crippen molar-refractivity contribution < 1.29 is 4.79 Å². The molecule has 4 nitrogen and oxygen atoms in total. The number of aryl methyl sites for hydroxylation is 1. The molecule has 0 aliphatic carbocycles. The highest BCUT2D eigenvalue weighted by molar-refractivity contribution is 5.94. The zero-order chi connectivity index (χ0) is 12.0. The molecule has 0 unspecified atom stereocenters. The molecule has 1 amide bonds. The van der Waals surface area contributed by atoms with Gasteiger partial charge in [-0.15, -0.1) is 0 Å². The summed E-state index contributed by atoms with van der Waals surface area (Å²) in [5.74, 6) is -0.00324. The van der Waals surface area contributed by atoms with Crippen LogP contribution in [-0.4, -0.2) is 42.0 Å². The lowest BCUT2D eigenvalue weighted by atomic mass is 10.3. The zero-order valence-corrected chi connectivity index (χ0v) is 10.3. The fraction of sp³-hybridized carbons (Fsp3) is 0.583. The van der Waals surface area contributed by atoms with E-state index in [2.05, 4.69) is 29.0 Å². The van der Waals surface area contributed by atoms with Gasteiger partial charge >= 0.3 is 0 Å². The minimum Gasteiger partial charge on any atom is -0.364 e. The first kappa shape index (κ1) is 12.8. The molecule has 0 aliphatic rings.